The summed E-state index contributed by atoms with van der Waals surface area (Å²) in [6.45, 7) is 6.64. The van der Waals surface area contributed by atoms with Crippen molar-refractivity contribution in [3.8, 4) is 0 Å². The minimum Gasteiger partial charge on any atom is -0.465 e. The van der Waals surface area contributed by atoms with Crippen LogP contribution in [0, 0.1) is 11.8 Å². The molecule has 1 fully saturated rings. The standard InChI is InChI=1S/C14H22N2O4/c1-14(2,3)20-13(19)16-7-9-5-4-6-11(10(9)8-16)15-12(17)18/h4-5,9-11,15H,6-8H2,1-3H3,(H,17,18)/t9-,10-,11-/m1/s1. The molecule has 2 rings (SSSR count). The summed E-state index contributed by atoms with van der Waals surface area (Å²) in [5.74, 6) is 0.330. The zero-order valence-electron chi connectivity index (χ0n) is 12.1. The fourth-order valence-corrected chi connectivity index (χ4v) is 2.86. The number of carbonyl (C=O) groups excluding carboxylic acids is 1. The largest absolute Gasteiger partial charge is 0.465 e. The molecule has 2 aliphatic rings. The molecule has 2 N–H and O–H groups in total. The van der Waals surface area contributed by atoms with Crippen LogP contribution in [0.3, 0.4) is 0 Å². The Bertz CT molecular complexity index is 427. The second-order valence-corrected chi connectivity index (χ2v) is 6.43. The molecule has 20 heavy (non-hydrogen) atoms. The van der Waals surface area contributed by atoms with Crippen LogP contribution in [-0.4, -0.2) is 46.9 Å². The SMILES string of the molecule is CC(C)(C)OC(=O)N1C[C@@H]2[C@H](C=CC[C@H]2NC(=O)O)C1. The fraction of sp³-hybridized carbons (Fsp3) is 0.714. The summed E-state index contributed by atoms with van der Waals surface area (Å²) in [4.78, 5) is 24.6. The Morgan fingerprint density at radius 1 is 1.35 bits per heavy atom. The maximum atomic E-state index is 12.1. The third kappa shape index (κ3) is 3.43. The van der Waals surface area contributed by atoms with Gasteiger partial charge in [-0.05, 0) is 27.2 Å². The van der Waals surface area contributed by atoms with E-state index in [9.17, 15) is 9.59 Å². The van der Waals surface area contributed by atoms with E-state index in [1.807, 2.05) is 26.8 Å². The highest BCUT2D eigenvalue weighted by Crippen LogP contribution is 2.33. The van der Waals surface area contributed by atoms with E-state index < -0.39 is 11.7 Å². The van der Waals surface area contributed by atoms with E-state index in [1.54, 1.807) is 4.90 Å². The van der Waals surface area contributed by atoms with Crippen LogP contribution in [0.1, 0.15) is 27.2 Å². The summed E-state index contributed by atoms with van der Waals surface area (Å²) in [5, 5.41) is 11.4. The summed E-state index contributed by atoms with van der Waals surface area (Å²) >= 11 is 0. The minimum atomic E-state index is -1.01. The molecular weight excluding hydrogens is 260 g/mol. The predicted molar refractivity (Wildman–Crippen MR) is 73.5 cm³/mol. The molecule has 1 heterocycles. The smallest absolute Gasteiger partial charge is 0.410 e. The van der Waals surface area contributed by atoms with Crippen molar-refractivity contribution in [2.75, 3.05) is 13.1 Å². The average molecular weight is 282 g/mol. The number of carboxylic acid groups (broad SMARTS) is 1. The normalized spacial score (nSPS) is 28.9. The molecule has 0 aromatic heterocycles. The number of likely N-dealkylation sites (tertiary alicyclic amines) is 1. The zero-order chi connectivity index (χ0) is 14.9. The molecule has 2 amide bonds. The lowest BCUT2D eigenvalue weighted by Gasteiger charge is -2.28. The molecule has 0 radical (unpaired) electrons. The van der Waals surface area contributed by atoms with Gasteiger partial charge in [-0.25, -0.2) is 9.59 Å². The Labute approximate surface area is 118 Å². The predicted octanol–water partition coefficient (Wildman–Crippen LogP) is 2.07. The topological polar surface area (TPSA) is 78.9 Å². The molecule has 0 aromatic rings. The third-order valence-electron chi connectivity index (χ3n) is 3.66. The van der Waals surface area contributed by atoms with E-state index in [4.69, 9.17) is 9.84 Å². The molecule has 0 aromatic carbocycles. The fourth-order valence-electron chi connectivity index (χ4n) is 2.86. The average Bonchev–Trinajstić information content (AvgIpc) is 2.70. The van der Waals surface area contributed by atoms with Crippen LogP contribution in [0.5, 0.6) is 0 Å². The van der Waals surface area contributed by atoms with Crippen LogP contribution in [0.25, 0.3) is 0 Å². The Kier molecular flexibility index (Phi) is 3.92. The summed E-state index contributed by atoms with van der Waals surface area (Å²) in [5.41, 5.74) is -0.514. The van der Waals surface area contributed by atoms with E-state index in [2.05, 4.69) is 11.4 Å². The number of hydrogen-bond donors (Lipinski definition) is 2. The van der Waals surface area contributed by atoms with Gasteiger partial charge in [0.1, 0.15) is 5.60 Å². The molecule has 0 bridgehead atoms. The first-order valence-electron chi connectivity index (χ1n) is 6.90. The summed E-state index contributed by atoms with van der Waals surface area (Å²) < 4.78 is 5.37. The third-order valence-corrected chi connectivity index (χ3v) is 3.66. The second kappa shape index (κ2) is 5.34. The first-order chi connectivity index (χ1) is 9.26. The maximum absolute atomic E-state index is 12.1. The van der Waals surface area contributed by atoms with Crippen molar-refractivity contribution in [1.82, 2.24) is 10.2 Å². The van der Waals surface area contributed by atoms with Crippen molar-refractivity contribution in [1.29, 1.82) is 0 Å². The number of nitrogens with one attached hydrogen (secondary N) is 1. The molecule has 0 saturated carbocycles. The molecule has 1 saturated heterocycles. The highest BCUT2D eigenvalue weighted by molar-refractivity contribution is 5.69. The van der Waals surface area contributed by atoms with Crippen molar-refractivity contribution in [3.05, 3.63) is 12.2 Å². The van der Waals surface area contributed by atoms with Gasteiger partial charge in [-0.2, -0.15) is 0 Å². The summed E-state index contributed by atoms with van der Waals surface area (Å²) in [7, 11) is 0. The Morgan fingerprint density at radius 2 is 2.05 bits per heavy atom. The Hall–Kier alpha value is -1.72. The maximum Gasteiger partial charge on any atom is 0.410 e. The van der Waals surface area contributed by atoms with Crippen molar-refractivity contribution in [2.45, 2.75) is 38.8 Å². The number of hydrogen-bond acceptors (Lipinski definition) is 3. The Morgan fingerprint density at radius 3 is 2.65 bits per heavy atom. The lowest BCUT2D eigenvalue weighted by atomic mass is 9.83. The van der Waals surface area contributed by atoms with Gasteiger partial charge in [0.05, 0.1) is 0 Å². The van der Waals surface area contributed by atoms with E-state index >= 15 is 0 Å². The van der Waals surface area contributed by atoms with Crippen molar-refractivity contribution in [3.63, 3.8) is 0 Å². The van der Waals surface area contributed by atoms with Gasteiger partial charge in [0.2, 0.25) is 0 Å². The van der Waals surface area contributed by atoms with Crippen molar-refractivity contribution < 1.29 is 19.4 Å². The van der Waals surface area contributed by atoms with Gasteiger partial charge in [-0.3, -0.25) is 0 Å². The lowest BCUT2D eigenvalue weighted by molar-refractivity contribution is 0.0284. The van der Waals surface area contributed by atoms with E-state index in [0.717, 1.165) is 0 Å². The molecular formula is C14H22N2O4. The molecule has 6 nitrogen and oxygen atoms in total. The molecule has 1 aliphatic carbocycles. The van der Waals surface area contributed by atoms with Crippen LogP contribution < -0.4 is 5.32 Å². The lowest BCUT2D eigenvalue weighted by Crippen LogP contribution is -2.43. The van der Waals surface area contributed by atoms with Crippen LogP contribution >= 0.6 is 0 Å². The second-order valence-electron chi connectivity index (χ2n) is 6.43. The first kappa shape index (κ1) is 14.7. The van der Waals surface area contributed by atoms with Gasteiger partial charge in [0.25, 0.3) is 0 Å². The molecule has 0 spiro atoms. The van der Waals surface area contributed by atoms with Gasteiger partial charge in [-0.1, -0.05) is 12.2 Å². The van der Waals surface area contributed by atoms with Gasteiger partial charge < -0.3 is 20.1 Å². The quantitative estimate of drug-likeness (QED) is 0.722. The number of carbonyl (C=O) groups is 2. The highest BCUT2D eigenvalue weighted by atomic mass is 16.6. The summed E-state index contributed by atoms with van der Waals surface area (Å²) in [6.07, 6.45) is 3.40. The number of amides is 2. The van der Waals surface area contributed by atoms with Crippen LogP contribution in [0.4, 0.5) is 9.59 Å². The zero-order valence-corrected chi connectivity index (χ0v) is 12.1. The molecule has 112 valence electrons. The van der Waals surface area contributed by atoms with Crippen LogP contribution in [0.15, 0.2) is 12.2 Å². The number of ether oxygens (including phenoxy) is 1. The van der Waals surface area contributed by atoms with Gasteiger partial charge >= 0.3 is 12.2 Å². The molecule has 1 aliphatic heterocycles. The van der Waals surface area contributed by atoms with E-state index in [0.29, 0.717) is 19.5 Å². The molecule has 0 unspecified atom stereocenters. The van der Waals surface area contributed by atoms with E-state index in [1.165, 1.54) is 0 Å². The van der Waals surface area contributed by atoms with Crippen molar-refractivity contribution >= 4 is 12.2 Å². The minimum absolute atomic E-state index is 0.128. The van der Waals surface area contributed by atoms with Crippen LogP contribution in [-0.2, 0) is 4.74 Å². The van der Waals surface area contributed by atoms with E-state index in [-0.39, 0.29) is 24.0 Å². The Balaban J connectivity index is 2.01. The first-order valence-corrected chi connectivity index (χ1v) is 6.90. The van der Waals surface area contributed by atoms with Crippen LogP contribution in [0.2, 0.25) is 0 Å². The number of nitrogens with zero attached hydrogens (tertiary/aromatic N) is 1. The van der Waals surface area contributed by atoms with Gasteiger partial charge in [-0.15, -0.1) is 0 Å². The van der Waals surface area contributed by atoms with Gasteiger partial charge in [0, 0.05) is 31.0 Å². The molecule has 6 heteroatoms. The highest BCUT2D eigenvalue weighted by Gasteiger charge is 2.41. The number of rotatable bonds is 1. The van der Waals surface area contributed by atoms with Crippen molar-refractivity contribution in [2.24, 2.45) is 11.8 Å². The summed E-state index contributed by atoms with van der Waals surface area (Å²) in [6, 6.07) is -0.130. The van der Waals surface area contributed by atoms with Gasteiger partial charge in [0.15, 0.2) is 0 Å². The monoisotopic (exact) mass is 282 g/mol. The number of fused-ring (bicyclic) bond motifs is 1. The molecule has 3 atom stereocenters.